The van der Waals surface area contributed by atoms with Crippen LogP contribution in [0.2, 0.25) is 0 Å². The maximum Gasteiger partial charge on any atom is 0.335 e. The Bertz CT molecular complexity index is 635. The van der Waals surface area contributed by atoms with E-state index in [0.29, 0.717) is 11.3 Å². The molecule has 5 heteroatoms. The van der Waals surface area contributed by atoms with Crippen LogP contribution in [0.4, 0.5) is 0 Å². The third-order valence-corrected chi connectivity index (χ3v) is 2.72. The molecule has 20 heavy (non-hydrogen) atoms. The number of hydrogen-bond donors (Lipinski definition) is 2. The molecular weight excluding hydrogens is 258 g/mol. The van der Waals surface area contributed by atoms with Gasteiger partial charge in [-0.25, -0.2) is 4.79 Å². The number of benzene rings is 2. The van der Waals surface area contributed by atoms with E-state index >= 15 is 0 Å². The van der Waals surface area contributed by atoms with Crippen LogP contribution in [0.1, 0.15) is 26.3 Å². The van der Waals surface area contributed by atoms with Crippen LogP contribution in [0.25, 0.3) is 0 Å². The molecule has 0 aliphatic rings. The first kappa shape index (κ1) is 13.6. The zero-order valence-corrected chi connectivity index (χ0v) is 10.6. The molecular formula is C15H13NO4. The molecule has 0 heterocycles. The second-order valence-electron chi connectivity index (χ2n) is 4.18. The molecule has 0 saturated heterocycles. The smallest absolute Gasteiger partial charge is 0.335 e. The average Bonchev–Trinajstić information content (AvgIpc) is 2.46. The fourth-order valence-electron chi connectivity index (χ4n) is 1.68. The van der Waals surface area contributed by atoms with E-state index in [1.54, 1.807) is 42.5 Å². The molecule has 0 unspecified atom stereocenters. The van der Waals surface area contributed by atoms with Crippen molar-refractivity contribution in [1.29, 1.82) is 0 Å². The van der Waals surface area contributed by atoms with E-state index in [1.165, 1.54) is 6.07 Å². The van der Waals surface area contributed by atoms with Crippen molar-refractivity contribution in [1.82, 2.24) is 0 Å². The Morgan fingerprint density at radius 2 is 1.75 bits per heavy atom. The fraction of sp³-hybridized carbons (Fsp3) is 0.0667. The highest BCUT2D eigenvalue weighted by Crippen LogP contribution is 2.14. The highest BCUT2D eigenvalue weighted by molar-refractivity contribution is 5.92. The predicted octanol–water partition coefficient (Wildman–Crippen LogP) is 2.06. The standard InChI is InChI=1S/C15H13NO4/c16-14(17)11-4-6-13(7-5-11)20-9-10-2-1-3-12(8-10)15(18)19/h1-8H,9H2,(H2,16,17)(H,18,19). The molecule has 0 aromatic heterocycles. The van der Waals surface area contributed by atoms with E-state index in [9.17, 15) is 9.59 Å². The molecule has 5 nitrogen and oxygen atoms in total. The summed E-state index contributed by atoms with van der Waals surface area (Å²) in [5.41, 5.74) is 6.52. The van der Waals surface area contributed by atoms with Gasteiger partial charge in [-0.3, -0.25) is 4.79 Å². The molecule has 0 spiro atoms. The molecule has 0 radical (unpaired) electrons. The molecule has 0 fully saturated rings. The van der Waals surface area contributed by atoms with Crippen molar-refractivity contribution in [3.05, 3.63) is 65.2 Å². The highest BCUT2D eigenvalue weighted by atomic mass is 16.5. The van der Waals surface area contributed by atoms with Crippen molar-refractivity contribution < 1.29 is 19.4 Å². The Labute approximate surface area is 115 Å². The van der Waals surface area contributed by atoms with Gasteiger partial charge in [0.2, 0.25) is 5.91 Å². The summed E-state index contributed by atoms with van der Waals surface area (Å²) < 4.78 is 5.52. The van der Waals surface area contributed by atoms with Gasteiger partial charge in [-0.1, -0.05) is 12.1 Å². The van der Waals surface area contributed by atoms with Crippen LogP contribution in [0.15, 0.2) is 48.5 Å². The largest absolute Gasteiger partial charge is 0.489 e. The lowest BCUT2D eigenvalue weighted by molar-refractivity contribution is 0.0696. The molecule has 1 amide bonds. The maximum absolute atomic E-state index is 10.9. The minimum atomic E-state index is -0.974. The lowest BCUT2D eigenvalue weighted by Gasteiger charge is -2.07. The number of hydrogen-bond acceptors (Lipinski definition) is 3. The Morgan fingerprint density at radius 3 is 2.35 bits per heavy atom. The molecule has 2 aromatic rings. The molecule has 0 aliphatic heterocycles. The molecule has 2 aromatic carbocycles. The Kier molecular flexibility index (Phi) is 4.00. The molecule has 2 rings (SSSR count). The van der Waals surface area contributed by atoms with Crippen molar-refractivity contribution in [3.8, 4) is 5.75 Å². The number of carbonyl (C=O) groups is 2. The van der Waals surface area contributed by atoms with E-state index in [1.807, 2.05) is 0 Å². The molecule has 0 saturated carbocycles. The molecule has 0 aliphatic carbocycles. The normalized spacial score (nSPS) is 10.0. The third kappa shape index (κ3) is 3.35. The van der Waals surface area contributed by atoms with Gasteiger partial charge >= 0.3 is 5.97 Å². The SMILES string of the molecule is NC(=O)c1ccc(OCc2cccc(C(=O)O)c2)cc1. The summed E-state index contributed by atoms with van der Waals surface area (Å²) in [7, 11) is 0. The molecule has 102 valence electrons. The van der Waals surface area contributed by atoms with E-state index < -0.39 is 11.9 Å². The lowest BCUT2D eigenvalue weighted by Crippen LogP contribution is -2.10. The summed E-state index contributed by atoms with van der Waals surface area (Å²) in [6.07, 6.45) is 0. The van der Waals surface area contributed by atoms with Crippen molar-refractivity contribution in [2.75, 3.05) is 0 Å². The summed E-state index contributed by atoms with van der Waals surface area (Å²) in [6, 6.07) is 13.0. The van der Waals surface area contributed by atoms with Crippen LogP contribution in [0, 0.1) is 0 Å². The molecule has 0 bridgehead atoms. The number of rotatable bonds is 5. The summed E-state index contributed by atoms with van der Waals surface area (Å²) >= 11 is 0. The Hall–Kier alpha value is -2.82. The summed E-state index contributed by atoms with van der Waals surface area (Å²) in [6.45, 7) is 0.247. The lowest BCUT2D eigenvalue weighted by atomic mass is 10.1. The Morgan fingerprint density at radius 1 is 1.05 bits per heavy atom. The summed E-state index contributed by atoms with van der Waals surface area (Å²) in [4.78, 5) is 21.8. The number of nitrogens with two attached hydrogens (primary N) is 1. The third-order valence-electron chi connectivity index (χ3n) is 2.72. The predicted molar refractivity (Wildman–Crippen MR) is 72.7 cm³/mol. The van der Waals surface area contributed by atoms with E-state index in [-0.39, 0.29) is 12.2 Å². The first-order valence-electron chi connectivity index (χ1n) is 5.91. The van der Waals surface area contributed by atoms with Crippen LogP contribution in [-0.2, 0) is 6.61 Å². The average molecular weight is 271 g/mol. The number of carboxylic acid groups (broad SMARTS) is 1. The maximum atomic E-state index is 10.9. The van der Waals surface area contributed by atoms with Crippen molar-refractivity contribution in [2.45, 2.75) is 6.61 Å². The monoisotopic (exact) mass is 271 g/mol. The number of amides is 1. The first-order chi connectivity index (χ1) is 9.56. The van der Waals surface area contributed by atoms with Crippen LogP contribution in [0.3, 0.4) is 0 Å². The number of carboxylic acids is 1. The Balaban J connectivity index is 2.03. The van der Waals surface area contributed by atoms with Gasteiger partial charge in [-0.2, -0.15) is 0 Å². The van der Waals surface area contributed by atoms with Gasteiger partial charge in [-0.05, 0) is 42.0 Å². The number of ether oxygens (including phenoxy) is 1. The zero-order valence-electron chi connectivity index (χ0n) is 10.6. The molecule has 3 N–H and O–H groups in total. The summed E-state index contributed by atoms with van der Waals surface area (Å²) in [5.74, 6) is -0.890. The second kappa shape index (κ2) is 5.88. The van der Waals surface area contributed by atoms with Crippen LogP contribution < -0.4 is 10.5 Å². The van der Waals surface area contributed by atoms with Gasteiger partial charge in [0.15, 0.2) is 0 Å². The second-order valence-corrected chi connectivity index (χ2v) is 4.18. The zero-order chi connectivity index (χ0) is 14.5. The van der Waals surface area contributed by atoms with Gasteiger partial charge in [0.25, 0.3) is 0 Å². The fourth-order valence-corrected chi connectivity index (χ4v) is 1.68. The van der Waals surface area contributed by atoms with Gasteiger partial charge < -0.3 is 15.6 Å². The van der Waals surface area contributed by atoms with Gasteiger partial charge in [0, 0.05) is 5.56 Å². The highest BCUT2D eigenvalue weighted by Gasteiger charge is 2.04. The number of carbonyl (C=O) groups excluding carboxylic acids is 1. The van der Waals surface area contributed by atoms with E-state index in [0.717, 1.165) is 5.56 Å². The van der Waals surface area contributed by atoms with E-state index in [2.05, 4.69) is 0 Å². The van der Waals surface area contributed by atoms with Gasteiger partial charge in [0.1, 0.15) is 12.4 Å². The minimum Gasteiger partial charge on any atom is -0.489 e. The molecule has 0 atom stereocenters. The summed E-state index contributed by atoms with van der Waals surface area (Å²) in [5, 5.41) is 8.89. The van der Waals surface area contributed by atoms with E-state index in [4.69, 9.17) is 15.6 Å². The quantitative estimate of drug-likeness (QED) is 0.871. The van der Waals surface area contributed by atoms with Crippen molar-refractivity contribution in [3.63, 3.8) is 0 Å². The van der Waals surface area contributed by atoms with Crippen LogP contribution in [-0.4, -0.2) is 17.0 Å². The van der Waals surface area contributed by atoms with Gasteiger partial charge in [0.05, 0.1) is 5.56 Å². The van der Waals surface area contributed by atoms with Crippen molar-refractivity contribution in [2.24, 2.45) is 5.73 Å². The van der Waals surface area contributed by atoms with Crippen LogP contribution >= 0.6 is 0 Å². The van der Waals surface area contributed by atoms with Crippen molar-refractivity contribution >= 4 is 11.9 Å². The van der Waals surface area contributed by atoms with Crippen LogP contribution in [0.5, 0.6) is 5.75 Å². The topological polar surface area (TPSA) is 89.6 Å². The van der Waals surface area contributed by atoms with Gasteiger partial charge in [-0.15, -0.1) is 0 Å². The number of aromatic carboxylic acids is 1. The first-order valence-corrected chi connectivity index (χ1v) is 5.91. The minimum absolute atomic E-state index is 0.218. The number of primary amides is 1.